The summed E-state index contributed by atoms with van der Waals surface area (Å²) in [6.07, 6.45) is 3.48. The molecule has 5 nitrogen and oxygen atoms in total. The van der Waals surface area contributed by atoms with Crippen LogP contribution in [-0.2, 0) is 0 Å². The summed E-state index contributed by atoms with van der Waals surface area (Å²) in [4.78, 5) is 21.3. The second kappa shape index (κ2) is 8.01. The van der Waals surface area contributed by atoms with E-state index in [4.69, 9.17) is 4.98 Å². The molecule has 1 aromatic carbocycles. The molecule has 0 saturated heterocycles. The third-order valence-corrected chi connectivity index (χ3v) is 5.58. The van der Waals surface area contributed by atoms with Crippen LogP contribution in [-0.4, -0.2) is 27.2 Å². The molecule has 4 rings (SSSR count). The summed E-state index contributed by atoms with van der Waals surface area (Å²) in [5.41, 5.74) is 2.93. The van der Waals surface area contributed by atoms with Crippen LogP contribution in [0.2, 0.25) is 0 Å². The lowest BCUT2D eigenvalue weighted by atomic mass is 10.1. The minimum absolute atomic E-state index is 0.0930. The number of carbonyl (C=O) groups is 1. The lowest BCUT2D eigenvalue weighted by Gasteiger charge is -2.22. The summed E-state index contributed by atoms with van der Waals surface area (Å²) in [6.45, 7) is 8.36. The number of fused-ring (bicyclic) bond motifs is 1. The number of carbonyl (C=O) groups excluding carboxylic acids is 1. The Morgan fingerprint density at radius 1 is 1.24 bits per heavy atom. The number of nitrogens with zero attached hydrogens (tertiary/aromatic N) is 4. The van der Waals surface area contributed by atoms with E-state index in [9.17, 15) is 4.79 Å². The topological polar surface area (TPSA) is 51.0 Å². The van der Waals surface area contributed by atoms with Gasteiger partial charge >= 0.3 is 0 Å². The van der Waals surface area contributed by atoms with Crippen LogP contribution in [0.4, 0.5) is 5.69 Å². The summed E-state index contributed by atoms with van der Waals surface area (Å²) in [5.74, 6) is -0.0930. The van der Waals surface area contributed by atoms with Crippen LogP contribution < -0.4 is 4.90 Å². The number of hydrogen-bond acceptors (Lipinski definition) is 4. The lowest BCUT2D eigenvalue weighted by molar-refractivity contribution is 0.0991. The van der Waals surface area contributed by atoms with E-state index in [0.717, 1.165) is 27.3 Å². The maximum Gasteiger partial charge on any atom is 0.259 e. The van der Waals surface area contributed by atoms with Gasteiger partial charge in [0, 0.05) is 18.3 Å². The fraction of sp³-hybridized carbons (Fsp3) is 0.174. The highest BCUT2D eigenvalue weighted by atomic mass is 32.1. The highest BCUT2D eigenvalue weighted by Crippen LogP contribution is 2.30. The summed E-state index contributed by atoms with van der Waals surface area (Å²) in [6, 6.07) is 15.7. The SMILES string of the molecule is C=CCN(C(=O)c1cc(-c2cccs2)nc2c1cnn2C(C)C)c1ccccc1. The number of benzene rings is 1. The molecule has 3 heterocycles. The first-order valence-electron chi connectivity index (χ1n) is 9.50. The Labute approximate surface area is 173 Å². The molecular weight excluding hydrogens is 380 g/mol. The van der Waals surface area contributed by atoms with Crippen molar-refractivity contribution in [3.63, 3.8) is 0 Å². The molecule has 146 valence electrons. The van der Waals surface area contributed by atoms with Crippen LogP contribution in [0, 0.1) is 0 Å². The van der Waals surface area contributed by atoms with E-state index in [-0.39, 0.29) is 11.9 Å². The molecule has 0 spiro atoms. The maximum absolute atomic E-state index is 13.7. The molecule has 0 unspecified atom stereocenters. The monoisotopic (exact) mass is 402 g/mol. The van der Waals surface area contributed by atoms with E-state index in [2.05, 4.69) is 25.5 Å². The van der Waals surface area contributed by atoms with Crippen LogP contribution in [0.1, 0.15) is 30.2 Å². The van der Waals surface area contributed by atoms with Gasteiger partial charge in [-0.1, -0.05) is 30.3 Å². The Bertz CT molecular complexity index is 1150. The summed E-state index contributed by atoms with van der Waals surface area (Å²) in [7, 11) is 0. The van der Waals surface area contributed by atoms with Gasteiger partial charge in [0.1, 0.15) is 0 Å². The normalized spacial score (nSPS) is 11.1. The molecule has 0 aliphatic carbocycles. The number of aromatic nitrogens is 3. The molecule has 1 amide bonds. The Balaban J connectivity index is 1.91. The molecule has 0 atom stereocenters. The molecule has 0 saturated carbocycles. The Morgan fingerprint density at radius 3 is 2.69 bits per heavy atom. The number of anilines is 1. The van der Waals surface area contributed by atoms with Crippen molar-refractivity contribution in [1.82, 2.24) is 14.8 Å². The number of para-hydroxylation sites is 1. The Hall–Kier alpha value is -3.25. The number of thiophene rings is 1. The Kier molecular flexibility index (Phi) is 5.27. The minimum atomic E-state index is -0.0930. The third kappa shape index (κ3) is 3.59. The average molecular weight is 403 g/mol. The molecule has 6 heteroatoms. The molecule has 0 N–H and O–H groups in total. The predicted molar refractivity (Wildman–Crippen MR) is 120 cm³/mol. The van der Waals surface area contributed by atoms with E-state index in [1.54, 1.807) is 28.5 Å². The summed E-state index contributed by atoms with van der Waals surface area (Å²) in [5, 5.41) is 7.27. The smallest absolute Gasteiger partial charge is 0.259 e. The van der Waals surface area contributed by atoms with Gasteiger partial charge < -0.3 is 4.90 Å². The van der Waals surface area contributed by atoms with Gasteiger partial charge in [-0.25, -0.2) is 9.67 Å². The van der Waals surface area contributed by atoms with Crippen LogP contribution in [0.15, 0.2) is 72.8 Å². The van der Waals surface area contributed by atoms with Gasteiger partial charge in [0.05, 0.1) is 27.7 Å². The zero-order chi connectivity index (χ0) is 20.4. The summed E-state index contributed by atoms with van der Waals surface area (Å²) >= 11 is 1.60. The Morgan fingerprint density at radius 2 is 2.03 bits per heavy atom. The van der Waals surface area contributed by atoms with Crippen molar-refractivity contribution in [3.05, 3.63) is 78.3 Å². The third-order valence-electron chi connectivity index (χ3n) is 4.68. The molecule has 0 fully saturated rings. The molecule has 29 heavy (non-hydrogen) atoms. The average Bonchev–Trinajstić information content (AvgIpc) is 3.41. The first-order chi connectivity index (χ1) is 14.1. The molecule has 0 bridgehead atoms. The standard InChI is InChI=1S/C23H22N4OS/c1-4-12-26(17-9-6-5-7-10-17)23(28)18-14-20(21-11-8-13-29-21)25-22-19(18)15-24-27(22)16(2)3/h4-11,13-16H,1,12H2,2-3H3. The zero-order valence-corrected chi connectivity index (χ0v) is 17.3. The predicted octanol–water partition coefficient (Wildman–Crippen LogP) is 5.57. The first-order valence-corrected chi connectivity index (χ1v) is 10.4. The van der Waals surface area contributed by atoms with Gasteiger partial charge in [-0.05, 0) is 43.5 Å². The maximum atomic E-state index is 13.7. The first kappa shape index (κ1) is 19.1. The van der Waals surface area contributed by atoms with Crippen LogP contribution >= 0.6 is 11.3 Å². The van der Waals surface area contributed by atoms with E-state index in [1.165, 1.54) is 0 Å². The number of pyridine rings is 1. The van der Waals surface area contributed by atoms with Crippen LogP contribution in [0.25, 0.3) is 21.6 Å². The van der Waals surface area contributed by atoms with Crippen molar-refractivity contribution in [2.75, 3.05) is 11.4 Å². The number of rotatable bonds is 6. The van der Waals surface area contributed by atoms with Crippen molar-refractivity contribution < 1.29 is 4.79 Å². The van der Waals surface area contributed by atoms with Crippen LogP contribution in [0.5, 0.6) is 0 Å². The minimum Gasteiger partial charge on any atom is -0.305 e. The fourth-order valence-electron chi connectivity index (χ4n) is 3.31. The highest BCUT2D eigenvalue weighted by Gasteiger charge is 2.23. The zero-order valence-electron chi connectivity index (χ0n) is 16.4. The van der Waals surface area contributed by atoms with Crippen molar-refractivity contribution in [3.8, 4) is 10.6 Å². The van der Waals surface area contributed by atoms with Crippen LogP contribution in [0.3, 0.4) is 0 Å². The molecule has 4 aromatic rings. The van der Waals surface area contributed by atoms with Crippen molar-refractivity contribution in [1.29, 1.82) is 0 Å². The molecule has 3 aromatic heterocycles. The molecule has 0 radical (unpaired) electrons. The van der Waals surface area contributed by atoms with E-state index >= 15 is 0 Å². The van der Waals surface area contributed by atoms with Crippen molar-refractivity contribution in [2.45, 2.75) is 19.9 Å². The van der Waals surface area contributed by atoms with E-state index < -0.39 is 0 Å². The van der Waals surface area contributed by atoms with Gasteiger partial charge in [0.25, 0.3) is 5.91 Å². The largest absolute Gasteiger partial charge is 0.305 e. The molecule has 0 aliphatic rings. The molecule has 0 aliphatic heterocycles. The van der Waals surface area contributed by atoms with E-state index in [0.29, 0.717) is 12.1 Å². The van der Waals surface area contributed by atoms with Crippen molar-refractivity contribution >= 4 is 34.0 Å². The van der Waals surface area contributed by atoms with E-state index in [1.807, 2.05) is 58.6 Å². The van der Waals surface area contributed by atoms with Crippen molar-refractivity contribution in [2.24, 2.45) is 0 Å². The second-order valence-electron chi connectivity index (χ2n) is 6.99. The number of hydrogen-bond donors (Lipinski definition) is 0. The van der Waals surface area contributed by atoms with Gasteiger partial charge in [-0.15, -0.1) is 17.9 Å². The van der Waals surface area contributed by atoms with Gasteiger partial charge in [0.2, 0.25) is 0 Å². The quantitative estimate of drug-likeness (QED) is 0.396. The number of amides is 1. The van der Waals surface area contributed by atoms with Gasteiger partial charge in [0.15, 0.2) is 5.65 Å². The fourth-order valence-corrected chi connectivity index (χ4v) is 4.00. The molecular formula is C23H22N4OS. The highest BCUT2D eigenvalue weighted by molar-refractivity contribution is 7.13. The van der Waals surface area contributed by atoms with Gasteiger partial charge in [-0.3, -0.25) is 4.79 Å². The second-order valence-corrected chi connectivity index (χ2v) is 7.94. The summed E-state index contributed by atoms with van der Waals surface area (Å²) < 4.78 is 1.86. The van der Waals surface area contributed by atoms with Gasteiger partial charge in [-0.2, -0.15) is 5.10 Å². The lowest BCUT2D eigenvalue weighted by Crippen LogP contribution is -2.31.